The second-order valence-corrected chi connectivity index (χ2v) is 14.2. The van der Waals surface area contributed by atoms with E-state index in [0.717, 1.165) is 12.2 Å². The topological polar surface area (TPSA) is 17.8 Å². The minimum Gasteiger partial charge on any atom is -0.327 e. The van der Waals surface area contributed by atoms with Gasteiger partial charge in [-0.1, -0.05) is 176 Å². The van der Waals surface area contributed by atoms with E-state index in [9.17, 15) is 0 Å². The summed E-state index contributed by atoms with van der Waals surface area (Å²) in [7, 11) is -0.568. The minimum atomic E-state index is -0.568. The Balaban J connectivity index is 0.000000181. The van der Waals surface area contributed by atoms with Gasteiger partial charge >= 0.3 is 0 Å². The molecular weight excluding hydrogens is 511 g/mol. The molecule has 6 rings (SSSR count). The van der Waals surface area contributed by atoms with Crippen LogP contribution in [0.15, 0.2) is 153 Å². The lowest BCUT2D eigenvalue weighted by Gasteiger charge is -2.38. The molecule has 1 aromatic heterocycles. The van der Waals surface area contributed by atoms with Gasteiger partial charge < -0.3 is 4.57 Å². The predicted octanol–water partition coefficient (Wildman–Crippen LogP) is 7.04. The molecule has 0 radical (unpaired) electrons. The molecule has 5 aromatic rings. The Morgan fingerprint density at radius 2 is 1.32 bits per heavy atom. The Bertz CT molecular complexity index is 1360. The van der Waals surface area contributed by atoms with E-state index in [4.69, 9.17) is 0 Å². The summed E-state index contributed by atoms with van der Waals surface area (Å²) in [5, 5.41) is -0.112. The molecule has 0 amide bonds. The van der Waals surface area contributed by atoms with Gasteiger partial charge in [-0.2, -0.15) is 0 Å². The molecule has 2 nitrogen and oxygen atoms in total. The average molecular weight is 553 g/mol. The van der Waals surface area contributed by atoms with Crippen LogP contribution < -0.4 is 10.9 Å². The highest BCUT2D eigenvalue weighted by molar-refractivity contribution is 6.86. The molecule has 0 bridgehead atoms. The van der Waals surface area contributed by atoms with Crippen LogP contribution in [0.2, 0.25) is 11.4 Å². The third-order valence-corrected chi connectivity index (χ3v) is 11.2. The maximum atomic E-state index is 4.38. The monoisotopic (exact) mass is 552 g/mol. The summed E-state index contributed by atoms with van der Waals surface area (Å²) in [6.45, 7) is 6.91. The van der Waals surface area contributed by atoms with Crippen LogP contribution in [-0.4, -0.2) is 25.8 Å². The number of hydrogen-bond donors (Lipinski definition) is 0. The molecule has 1 aliphatic carbocycles. The van der Waals surface area contributed by atoms with E-state index in [1.807, 2.05) is 18.6 Å². The van der Waals surface area contributed by atoms with Gasteiger partial charge in [-0.3, -0.25) is 0 Å². The highest BCUT2D eigenvalue weighted by atomic mass is 28.2. The van der Waals surface area contributed by atoms with Gasteiger partial charge in [0.2, 0.25) is 6.71 Å². The van der Waals surface area contributed by atoms with E-state index in [1.54, 1.807) is 0 Å². The normalized spacial score (nSPS) is 13.8. The molecule has 41 heavy (non-hydrogen) atoms. The van der Waals surface area contributed by atoms with E-state index < -0.39 is 9.52 Å². The quantitative estimate of drug-likeness (QED) is 0.127. The maximum absolute atomic E-state index is 4.38. The zero-order valence-corrected chi connectivity index (χ0v) is 25.6. The molecule has 0 saturated heterocycles. The molecule has 1 aliphatic rings. The Morgan fingerprint density at radius 3 is 1.73 bits per heavy atom. The van der Waals surface area contributed by atoms with Gasteiger partial charge in [0.15, 0.2) is 0 Å². The fraction of sp³-hybridized carbons (Fsp3) is 0.216. The number of rotatable bonds is 11. The summed E-state index contributed by atoms with van der Waals surface area (Å²) in [5.74, 6) is 0.866. The van der Waals surface area contributed by atoms with Crippen LogP contribution in [-0.2, 0) is 5.16 Å². The van der Waals surface area contributed by atoms with Crippen LogP contribution in [0.5, 0.6) is 0 Å². The third kappa shape index (κ3) is 7.07. The molecule has 0 N–H and O–H groups in total. The standard InChI is InChI=1S/C22H26N2Si.C15H15B/c1-3-4-11-19(2)25-22(24-17-16-23-18-24,20-12-7-5-8-13-20)21-14-9-6-10-15-21;1-3-7-13(8-4-1)16(15-11-12-15)14-9-5-2-6-10-14/h3,5-10,12-19H,1,4,11,25H2,2H3;1-10,15H,11-12H2. The summed E-state index contributed by atoms with van der Waals surface area (Å²) >= 11 is 0. The van der Waals surface area contributed by atoms with Crippen molar-refractivity contribution in [1.29, 1.82) is 0 Å². The number of benzene rings is 4. The predicted molar refractivity (Wildman–Crippen MR) is 180 cm³/mol. The van der Waals surface area contributed by atoms with Crippen molar-refractivity contribution in [3.8, 4) is 0 Å². The van der Waals surface area contributed by atoms with E-state index in [2.05, 4.69) is 151 Å². The average Bonchev–Trinajstić information content (AvgIpc) is 3.71. The summed E-state index contributed by atoms with van der Waals surface area (Å²) < 4.78 is 2.33. The number of nitrogens with zero attached hydrogens (tertiary/aromatic N) is 2. The largest absolute Gasteiger partial charge is 0.327 e. The highest BCUT2D eigenvalue weighted by Crippen LogP contribution is 2.39. The summed E-state index contributed by atoms with van der Waals surface area (Å²) in [6.07, 6.45) is 13.1. The molecule has 4 aromatic carbocycles. The van der Waals surface area contributed by atoms with Crippen LogP contribution >= 0.6 is 0 Å². The molecule has 0 aliphatic heterocycles. The van der Waals surface area contributed by atoms with Crippen molar-refractivity contribution in [1.82, 2.24) is 9.55 Å². The lowest BCUT2D eigenvalue weighted by molar-refractivity contribution is 0.578. The van der Waals surface area contributed by atoms with Crippen molar-refractivity contribution < 1.29 is 0 Å². The second-order valence-electron chi connectivity index (χ2n) is 11.4. The first kappa shape index (κ1) is 28.6. The van der Waals surface area contributed by atoms with E-state index in [-0.39, 0.29) is 5.16 Å². The number of hydrogen-bond acceptors (Lipinski definition) is 1. The SMILES string of the molecule is C=CCCC(C)[SiH2]C(c1ccccc1)(c1ccccc1)n1ccnc1.c1ccc(B(c2ccccc2)C2CC2)cc1. The Hall–Kier alpha value is -3.89. The van der Waals surface area contributed by atoms with Crippen molar-refractivity contribution in [2.45, 2.75) is 49.1 Å². The molecule has 0 spiro atoms. The molecule has 4 heteroatoms. The molecule has 1 fully saturated rings. The number of aromatic nitrogens is 2. The second kappa shape index (κ2) is 14.1. The Kier molecular flexibility index (Phi) is 9.88. The zero-order chi connectivity index (χ0) is 28.3. The molecule has 1 saturated carbocycles. The van der Waals surface area contributed by atoms with Gasteiger partial charge in [0.1, 0.15) is 0 Å². The van der Waals surface area contributed by atoms with Crippen molar-refractivity contribution in [3.05, 3.63) is 164 Å². The van der Waals surface area contributed by atoms with Gasteiger partial charge in [0.25, 0.3) is 0 Å². The van der Waals surface area contributed by atoms with E-state index >= 15 is 0 Å². The molecule has 1 heterocycles. The van der Waals surface area contributed by atoms with Gasteiger partial charge in [0.05, 0.1) is 21.0 Å². The lowest BCUT2D eigenvalue weighted by Crippen LogP contribution is -2.43. The van der Waals surface area contributed by atoms with Gasteiger partial charge in [-0.25, -0.2) is 4.98 Å². The van der Waals surface area contributed by atoms with Crippen molar-refractivity contribution in [2.24, 2.45) is 0 Å². The Morgan fingerprint density at radius 1 is 0.829 bits per heavy atom. The smallest absolute Gasteiger partial charge is 0.212 e. The molecule has 1 atom stereocenters. The van der Waals surface area contributed by atoms with Gasteiger partial charge in [0, 0.05) is 12.4 Å². The fourth-order valence-electron chi connectivity index (χ4n) is 6.21. The van der Waals surface area contributed by atoms with Crippen molar-refractivity contribution in [2.75, 3.05) is 0 Å². The summed E-state index contributed by atoms with van der Waals surface area (Å²) in [5.41, 5.74) is 6.35. The number of allylic oxidation sites excluding steroid dienone is 1. The molecular formula is C37H41BN2Si. The van der Waals surface area contributed by atoms with Crippen molar-refractivity contribution >= 4 is 27.2 Å². The van der Waals surface area contributed by atoms with Gasteiger partial charge in [-0.05, 0) is 17.5 Å². The van der Waals surface area contributed by atoms with E-state index in [0.29, 0.717) is 12.3 Å². The van der Waals surface area contributed by atoms with Crippen LogP contribution in [0.25, 0.3) is 0 Å². The minimum absolute atomic E-state index is 0.112. The number of imidazole rings is 1. The van der Waals surface area contributed by atoms with Crippen LogP contribution in [0, 0.1) is 0 Å². The van der Waals surface area contributed by atoms with Gasteiger partial charge in [-0.15, -0.1) is 6.58 Å². The molecule has 206 valence electrons. The van der Waals surface area contributed by atoms with Crippen LogP contribution in [0.4, 0.5) is 0 Å². The first-order chi connectivity index (χ1) is 20.2. The summed E-state index contributed by atoms with van der Waals surface area (Å²) in [6, 6.07) is 43.6. The molecule has 1 unspecified atom stereocenters. The van der Waals surface area contributed by atoms with Crippen LogP contribution in [0.3, 0.4) is 0 Å². The first-order valence-electron chi connectivity index (χ1n) is 15.0. The lowest BCUT2D eigenvalue weighted by atomic mass is 9.37. The first-order valence-corrected chi connectivity index (χ1v) is 16.5. The fourth-order valence-corrected chi connectivity index (χ4v) is 9.00. The zero-order valence-electron chi connectivity index (χ0n) is 24.2. The third-order valence-electron chi connectivity index (χ3n) is 8.37. The van der Waals surface area contributed by atoms with Crippen LogP contribution in [0.1, 0.15) is 43.7 Å². The highest BCUT2D eigenvalue weighted by Gasteiger charge is 2.38. The van der Waals surface area contributed by atoms with Crippen molar-refractivity contribution in [3.63, 3.8) is 0 Å². The van der Waals surface area contributed by atoms with E-state index in [1.165, 1.54) is 41.3 Å². The maximum Gasteiger partial charge on any atom is 0.212 e. The Labute approximate surface area is 249 Å². The summed E-state index contributed by atoms with van der Waals surface area (Å²) in [4.78, 5) is 4.38.